The second-order valence-corrected chi connectivity index (χ2v) is 6.58. The molecule has 3 rings (SSSR count). The van der Waals surface area contributed by atoms with Crippen LogP contribution >= 0.6 is 0 Å². The molecule has 0 saturated carbocycles. The van der Waals surface area contributed by atoms with Gasteiger partial charge in [-0.3, -0.25) is 4.79 Å². The minimum absolute atomic E-state index is 0.0819. The highest BCUT2D eigenvalue weighted by molar-refractivity contribution is 5.91. The number of anilines is 1. The van der Waals surface area contributed by atoms with Gasteiger partial charge in [-0.25, -0.2) is 4.79 Å². The zero-order chi connectivity index (χ0) is 19.2. The molecule has 1 aliphatic heterocycles. The van der Waals surface area contributed by atoms with Crippen molar-refractivity contribution >= 4 is 17.8 Å². The van der Waals surface area contributed by atoms with E-state index in [1.807, 2.05) is 24.3 Å². The zero-order valence-corrected chi connectivity index (χ0v) is 15.5. The number of carbonyl (C=O) groups is 2. The highest BCUT2D eigenvalue weighted by Crippen LogP contribution is 2.20. The average Bonchev–Trinajstić information content (AvgIpc) is 3.11. The minimum Gasteiger partial charge on any atom is -0.497 e. The molecule has 1 fully saturated rings. The first-order valence-electron chi connectivity index (χ1n) is 8.95. The van der Waals surface area contributed by atoms with E-state index in [0.29, 0.717) is 44.1 Å². The van der Waals surface area contributed by atoms with Crippen molar-refractivity contribution in [2.75, 3.05) is 25.5 Å². The number of methoxy groups -OCH3 is 1. The van der Waals surface area contributed by atoms with E-state index in [2.05, 4.69) is 15.8 Å². The molecule has 0 unspecified atom stereocenters. The number of hydrogen-bond donors (Lipinski definition) is 2. The summed E-state index contributed by atoms with van der Waals surface area (Å²) in [7, 11) is 1.62. The lowest BCUT2D eigenvalue weighted by atomic mass is 9.96. The summed E-state index contributed by atoms with van der Waals surface area (Å²) in [5, 5.41) is 9.44. The van der Waals surface area contributed by atoms with Crippen molar-refractivity contribution in [1.29, 1.82) is 0 Å². The fourth-order valence-corrected chi connectivity index (χ4v) is 3.03. The van der Waals surface area contributed by atoms with Gasteiger partial charge in [0.15, 0.2) is 5.82 Å². The van der Waals surface area contributed by atoms with Crippen LogP contribution in [0.2, 0.25) is 0 Å². The Labute approximate surface area is 157 Å². The predicted molar refractivity (Wildman–Crippen MR) is 99.4 cm³/mol. The lowest BCUT2D eigenvalue weighted by molar-refractivity contribution is -0.121. The van der Waals surface area contributed by atoms with Gasteiger partial charge >= 0.3 is 6.03 Å². The third-order valence-electron chi connectivity index (χ3n) is 4.63. The lowest BCUT2D eigenvalue weighted by Crippen LogP contribution is -2.45. The Hall–Kier alpha value is -3.03. The van der Waals surface area contributed by atoms with Crippen molar-refractivity contribution in [3.05, 3.63) is 41.7 Å². The molecule has 1 aromatic heterocycles. The fraction of sp³-hybridized carbons (Fsp3) is 0.421. The minimum atomic E-state index is -0.132. The van der Waals surface area contributed by atoms with Crippen LogP contribution in [0.4, 0.5) is 10.6 Å². The van der Waals surface area contributed by atoms with Gasteiger partial charge in [-0.1, -0.05) is 17.3 Å². The second kappa shape index (κ2) is 8.57. The van der Waals surface area contributed by atoms with E-state index >= 15 is 0 Å². The summed E-state index contributed by atoms with van der Waals surface area (Å²) >= 11 is 0. The Kier molecular flexibility index (Phi) is 5.95. The average molecular weight is 372 g/mol. The molecule has 2 aromatic rings. The van der Waals surface area contributed by atoms with Crippen molar-refractivity contribution in [3.8, 4) is 5.75 Å². The quantitative estimate of drug-likeness (QED) is 0.841. The second-order valence-electron chi connectivity index (χ2n) is 6.58. The number of aryl methyl sites for hydroxylation is 1. The predicted octanol–water partition coefficient (Wildman–Crippen LogP) is 2.55. The van der Waals surface area contributed by atoms with Crippen LogP contribution in [-0.4, -0.2) is 42.2 Å². The summed E-state index contributed by atoms with van der Waals surface area (Å²) in [6.45, 7) is 3.31. The van der Waals surface area contributed by atoms with E-state index in [4.69, 9.17) is 9.26 Å². The number of rotatable bonds is 5. The van der Waals surface area contributed by atoms with Crippen LogP contribution in [0.5, 0.6) is 5.75 Å². The van der Waals surface area contributed by atoms with E-state index in [1.165, 1.54) is 0 Å². The Morgan fingerprint density at radius 1 is 1.26 bits per heavy atom. The SMILES string of the molecule is COc1ccc(CNC(=O)N2CCC(C(=O)Nc3cc(C)on3)CC2)cc1. The van der Waals surface area contributed by atoms with Crippen LogP contribution in [0.1, 0.15) is 24.2 Å². The number of hydrogen-bond acceptors (Lipinski definition) is 5. The Bertz CT molecular complexity index is 779. The van der Waals surface area contributed by atoms with Crippen molar-refractivity contribution < 1.29 is 18.8 Å². The number of aromatic nitrogens is 1. The van der Waals surface area contributed by atoms with E-state index < -0.39 is 0 Å². The van der Waals surface area contributed by atoms with Crippen LogP contribution in [0, 0.1) is 12.8 Å². The van der Waals surface area contributed by atoms with Crippen molar-refractivity contribution in [2.24, 2.45) is 5.92 Å². The van der Waals surface area contributed by atoms with Crippen molar-refractivity contribution in [2.45, 2.75) is 26.3 Å². The van der Waals surface area contributed by atoms with Gasteiger partial charge in [-0.15, -0.1) is 0 Å². The van der Waals surface area contributed by atoms with E-state index in [9.17, 15) is 9.59 Å². The van der Waals surface area contributed by atoms with Crippen LogP contribution in [-0.2, 0) is 11.3 Å². The number of benzene rings is 1. The molecule has 0 aliphatic carbocycles. The Morgan fingerprint density at radius 3 is 2.56 bits per heavy atom. The van der Waals surface area contributed by atoms with Gasteiger partial charge in [0.2, 0.25) is 5.91 Å². The number of carbonyl (C=O) groups excluding carboxylic acids is 2. The molecule has 1 aliphatic rings. The maximum Gasteiger partial charge on any atom is 0.317 e. The third-order valence-corrected chi connectivity index (χ3v) is 4.63. The largest absolute Gasteiger partial charge is 0.497 e. The standard InChI is InChI=1S/C19H24N4O4/c1-13-11-17(22-27-13)21-18(24)15-7-9-23(10-8-15)19(25)20-12-14-3-5-16(26-2)6-4-14/h3-6,11,15H,7-10,12H2,1-2H3,(H,20,25)(H,21,22,24). The molecule has 3 amide bonds. The summed E-state index contributed by atoms with van der Waals surface area (Å²) in [6.07, 6.45) is 1.25. The first kappa shape index (κ1) is 18.8. The summed E-state index contributed by atoms with van der Waals surface area (Å²) in [4.78, 5) is 26.4. The molecular formula is C19H24N4O4. The molecule has 0 bridgehead atoms. The van der Waals surface area contributed by atoms with Crippen molar-refractivity contribution in [3.63, 3.8) is 0 Å². The van der Waals surface area contributed by atoms with Crippen LogP contribution < -0.4 is 15.4 Å². The normalized spacial score (nSPS) is 14.7. The molecule has 2 N–H and O–H groups in total. The number of piperidine rings is 1. The van der Waals surface area contributed by atoms with Crippen LogP contribution in [0.15, 0.2) is 34.9 Å². The number of nitrogens with one attached hydrogen (secondary N) is 2. The summed E-state index contributed by atoms with van der Waals surface area (Å²) in [6, 6.07) is 9.13. The highest BCUT2D eigenvalue weighted by Gasteiger charge is 2.27. The molecule has 8 nitrogen and oxygen atoms in total. The molecule has 0 radical (unpaired) electrons. The summed E-state index contributed by atoms with van der Waals surface area (Å²) < 4.78 is 10.1. The van der Waals surface area contributed by atoms with Gasteiger partial charge in [0.05, 0.1) is 7.11 Å². The molecule has 27 heavy (non-hydrogen) atoms. The maximum absolute atomic E-state index is 12.3. The Balaban J connectivity index is 1.42. The lowest BCUT2D eigenvalue weighted by Gasteiger charge is -2.31. The van der Waals surface area contributed by atoms with E-state index in [0.717, 1.165) is 11.3 Å². The molecule has 1 aromatic carbocycles. The summed E-state index contributed by atoms with van der Waals surface area (Å²) in [5.41, 5.74) is 1.00. The molecule has 1 saturated heterocycles. The molecule has 0 atom stereocenters. The first-order chi connectivity index (χ1) is 13.0. The zero-order valence-electron chi connectivity index (χ0n) is 15.5. The molecule has 2 heterocycles. The van der Waals surface area contributed by atoms with E-state index in [-0.39, 0.29) is 17.9 Å². The number of likely N-dealkylation sites (tertiary alicyclic amines) is 1. The van der Waals surface area contributed by atoms with Gasteiger partial charge in [0.25, 0.3) is 0 Å². The molecule has 0 spiro atoms. The number of ether oxygens (including phenoxy) is 1. The van der Waals surface area contributed by atoms with E-state index in [1.54, 1.807) is 25.0 Å². The number of amides is 3. The topological polar surface area (TPSA) is 96.7 Å². The van der Waals surface area contributed by atoms with Gasteiger partial charge < -0.3 is 24.8 Å². The fourth-order valence-electron chi connectivity index (χ4n) is 3.03. The molecule has 8 heteroatoms. The highest BCUT2D eigenvalue weighted by atomic mass is 16.5. The first-order valence-corrected chi connectivity index (χ1v) is 8.95. The smallest absolute Gasteiger partial charge is 0.317 e. The third kappa shape index (κ3) is 4.99. The van der Waals surface area contributed by atoms with Gasteiger partial charge in [0.1, 0.15) is 11.5 Å². The monoisotopic (exact) mass is 372 g/mol. The molecule has 144 valence electrons. The van der Waals surface area contributed by atoms with Crippen LogP contribution in [0.25, 0.3) is 0 Å². The van der Waals surface area contributed by atoms with Crippen LogP contribution in [0.3, 0.4) is 0 Å². The Morgan fingerprint density at radius 2 is 1.96 bits per heavy atom. The number of nitrogens with zero attached hydrogens (tertiary/aromatic N) is 2. The maximum atomic E-state index is 12.3. The summed E-state index contributed by atoms with van der Waals surface area (Å²) in [5.74, 6) is 1.64. The van der Waals surface area contributed by atoms with Gasteiger partial charge in [-0.05, 0) is 37.5 Å². The molecular weight excluding hydrogens is 348 g/mol. The van der Waals surface area contributed by atoms with Gasteiger partial charge in [-0.2, -0.15) is 0 Å². The number of urea groups is 1. The van der Waals surface area contributed by atoms with Crippen molar-refractivity contribution in [1.82, 2.24) is 15.4 Å². The van der Waals surface area contributed by atoms with Gasteiger partial charge in [0, 0.05) is 31.6 Å².